The van der Waals surface area contributed by atoms with Crippen LogP contribution in [0.2, 0.25) is 0 Å². The highest BCUT2D eigenvalue weighted by Crippen LogP contribution is 2.40. The maximum absolute atomic E-state index is 6.03. The molecule has 0 aliphatic heterocycles. The number of aryl methyl sites for hydroxylation is 1. The van der Waals surface area contributed by atoms with Crippen LogP contribution in [0.1, 0.15) is 5.69 Å². The number of nitrogens with zero attached hydrogens (tertiary/aromatic N) is 3. The summed E-state index contributed by atoms with van der Waals surface area (Å²) in [5.41, 5.74) is 4.16. The number of rotatable bonds is 3. The van der Waals surface area contributed by atoms with E-state index in [-0.39, 0.29) is 0 Å². The number of hydrogen-bond donors (Lipinski definition) is 0. The second-order valence-electron chi connectivity index (χ2n) is 5.39. The van der Waals surface area contributed by atoms with Crippen LogP contribution < -0.4 is 4.74 Å². The predicted octanol–water partition coefficient (Wildman–Crippen LogP) is 4.27. The van der Waals surface area contributed by atoms with Gasteiger partial charge in [0.2, 0.25) is 5.71 Å². The normalized spacial score (nSPS) is 10.9. The summed E-state index contributed by atoms with van der Waals surface area (Å²) in [6.45, 7) is 1.95. The highest BCUT2D eigenvalue weighted by molar-refractivity contribution is 6.01. The smallest absolute Gasteiger partial charge is 0.230 e. The molecule has 1 aromatic carbocycles. The van der Waals surface area contributed by atoms with Crippen molar-refractivity contribution in [1.82, 2.24) is 15.0 Å². The molecule has 24 heavy (non-hydrogen) atoms. The third-order valence-electron chi connectivity index (χ3n) is 3.95. The fraction of sp³-hybridized carbons (Fsp3) is 0.105. The molecular weight excluding hydrogens is 302 g/mol. The fourth-order valence-corrected chi connectivity index (χ4v) is 2.79. The Morgan fingerprint density at radius 2 is 1.79 bits per heavy atom. The zero-order chi connectivity index (χ0) is 16.5. The molecule has 0 saturated carbocycles. The Morgan fingerprint density at radius 3 is 2.50 bits per heavy atom. The van der Waals surface area contributed by atoms with Gasteiger partial charge in [-0.25, -0.2) is 9.97 Å². The summed E-state index contributed by atoms with van der Waals surface area (Å²) in [7, 11) is 1.65. The Kier molecular flexibility index (Phi) is 3.46. The number of ether oxygens (including phenoxy) is 1. The van der Waals surface area contributed by atoms with Crippen LogP contribution in [0.4, 0.5) is 0 Å². The summed E-state index contributed by atoms with van der Waals surface area (Å²) in [4.78, 5) is 13.0. The highest BCUT2D eigenvalue weighted by atomic mass is 16.5. The van der Waals surface area contributed by atoms with Crippen LogP contribution in [0.25, 0.3) is 33.7 Å². The first-order valence-corrected chi connectivity index (χ1v) is 7.58. The van der Waals surface area contributed by atoms with Gasteiger partial charge in [0.25, 0.3) is 0 Å². The van der Waals surface area contributed by atoms with Crippen molar-refractivity contribution in [2.24, 2.45) is 0 Å². The largest absolute Gasteiger partial charge is 0.497 e. The second-order valence-corrected chi connectivity index (χ2v) is 5.39. The second kappa shape index (κ2) is 5.77. The van der Waals surface area contributed by atoms with E-state index in [0.29, 0.717) is 11.5 Å². The maximum atomic E-state index is 6.03. The van der Waals surface area contributed by atoms with Crippen molar-refractivity contribution in [3.63, 3.8) is 0 Å². The van der Waals surface area contributed by atoms with E-state index in [1.54, 1.807) is 13.3 Å². The average molecular weight is 317 g/mol. The number of pyridine rings is 1. The Labute approximate surface area is 139 Å². The molecule has 4 aromatic rings. The number of fused-ring (bicyclic) bond motifs is 1. The Morgan fingerprint density at radius 1 is 0.958 bits per heavy atom. The number of methoxy groups -OCH3 is 1. The molecule has 0 aliphatic rings. The lowest BCUT2D eigenvalue weighted by molar-refractivity contribution is 0.415. The molecule has 0 N–H and O–H groups in total. The molecule has 0 spiro atoms. The minimum absolute atomic E-state index is 0.564. The van der Waals surface area contributed by atoms with Crippen LogP contribution in [-0.4, -0.2) is 22.1 Å². The number of aromatic nitrogens is 3. The van der Waals surface area contributed by atoms with E-state index < -0.39 is 0 Å². The summed E-state index contributed by atoms with van der Waals surface area (Å²) in [6.07, 6.45) is 3.26. The molecule has 3 aromatic heterocycles. The molecule has 0 unspecified atom stereocenters. The van der Waals surface area contributed by atoms with Crippen LogP contribution in [0.3, 0.4) is 0 Å². The summed E-state index contributed by atoms with van der Waals surface area (Å²) >= 11 is 0. The van der Waals surface area contributed by atoms with Gasteiger partial charge in [-0.05, 0) is 36.8 Å². The third-order valence-corrected chi connectivity index (χ3v) is 3.95. The quantitative estimate of drug-likeness (QED) is 0.565. The van der Waals surface area contributed by atoms with Gasteiger partial charge in [0.15, 0.2) is 5.76 Å². The van der Waals surface area contributed by atoms with Crippen molar-refractivity contribution in [2.45, 2.75) is 6.92 Å². The van der Waals surface area contributed by atoms with E-state index in [0.717, 1.165) is 33.7 Å². The minimum atomic E-state index is 0.564. The minimum Gasteiger partial charge on any atom is -0.497 e. The summed E-state index contributed by atoms with van der Waals surface area (Å²) in [5, 5.41) is 0.906. The van der Waals surface area contributed by atoms with Gasteiger partial charge in [0.05, 0.1) is 18.2 Å². The van der Waals surface area contributed by atoms with Gasteiger partial charge >= 0.3 is 0 Å². The van der Waals surface area contributed by atoms with Crippen LogP contribution in [0.5, 0.6) is 5.75 Å². The van der Waals surface area contributed by atoms with Gasteiger partial charge in [0, 0.05) is 11.8 Å². The van der Waals surface area contributed by atoms with Gasteiger partial charge in [-0.1, -0.05) is 18.2 Å². The number of benzene rings is 1. The molecule has 5 nitrogen and oxygen atoms in total. The Hall–Kier alpha value is -3.21. The van der Waals surface area contributed by atoms with Gasteiger partial charge in [0.1, 0.15) is 17.8 Å². The zero-order valence-electron chi connectivity index (χ0n) is 13.4. The lowest BCUT2D eigenvalue weighted by Gasteiger charge is -2.05. The van der Waals surface area contributed by atoms with E-state index in [9.17, 15) is 0 Å². The summed E-state index contributed by atoms with van der Waals surface area (Å²) < 4.78 is 11.3. The molecule has 0 atom stereocenters. The maximum Gasteiger partial charge on any atom is 0.230 e. The van der Waals surface area contributed by atoms with Crippen molar-refractivity contribution < 1.29 is 9.15 Å². The lowest BCUT2D eigenvalue weighted by atomic mass is 10.0. The van der Waals surface area contributed by atoms with E-state index in [4.69, 9.17) is 9.15 Å². The Balaban J connectivity index is 2.03. The topological polar surface area (TPSA) is 61.0 Å². The van der Waals surface area contributed by atoms with Crippen molar-refractivity contribution in [2.75, 3.05) is 7.11 Å². The van der Waals surface area contributed by atoms with E-state index in [2.05, 4.69) is 15.0 Å². The van der Waals surface area contributed by atoms with Gasteiger partial charge < -0.3 is 9.15 Å². The average Bonchev–Trinajstić information content (AvgIpc) is 3.03. The SMILES string of the molecule is COc1ccc(-c2c(-c3ccccn3)oc3ncnc(C)c23)cc1. The van der Waals surface area contributed by atoms with E-state index in [1.165, 1.54) is 6.33 Å². The lowest BCUT2D eigenvalue weighted by Crippen LogP contribution is -1.88. The third kappa shape index (κ3) is 2.31. The fourth-order valence-electron chi connectivity index (χ4n) is 2.79. The first-order valence-electron chi connectivity index (χ1n) is 7.58. The van der Waals surface area contributed by atoms with Crippen LogP contribution in [0.15, 0.2) is 59.4 Å². The van der Waals surface area contributed by atoms with Crippen LogP contribution in [0, 0.1) is 6.92 Å². The molecule has 0 saturated heterocycles. The molecular formula is C19H15N3O2. The Bertz CT molecular complexity index is 992. The summed E-state index contributed by atoms with van der Waals surface area (Å²) in [6, 6.07) is 13.6. The van der Waals surface area contributed by atoms with Crippen molar-refractivity contribution in [3.8, 4) is 28.3 Å². The van der Waals surface area contributed by atoms with Gasteiger partial charge in [-0.2, -0.15) is 0 Å². The predicted molar refractivity (Wildman–Crippen MR) is 91.8 cm³/mol. The molecule has 0 fully saturated rings. The van der Waals surface area contributed by atoms with Crippen LogP contribution >= 0.6 is 0 Å². The summed E-state index contributed by atoms with van der Waals surface area (Å²) in [5.74, 6) is 1.50. The highest BCUT2D eigenvalue weighted by Gasteiger charge is 2.21. The molecule has 0 aliphatic carbocycles. The van der Waals surface area contributed by atoms with Crippen LogP contribution in [-0.2, 0) is 0 Å². The molecule has 0 bridgehead atoms. The monoisotopic (exact) mass is 317 g/mol. The van der Waals surface area contributed by atoms with E-state index >= 15 is 0 Å². The number of hydrogen-bond acceptors (Lipinski definition) is 5. The molecule has 3 heterocycles. The molecule has 4 rings (SSSR count). The molecule has 118 valence electrons. The van der Waals surface area contributed by atoms with Crippen molar-refractivity contribution >= 4 is 11.1 Å². The molecule has 0 radical (unpaired) electrons. The standard InChI is InChI=1S/C19H15N3O2/c1-12-16-17(13-6-8-14(23-2)9-7-13)18(15-5-3-4-10-20-15)24-19(16)22-11-21-12/h3-11H,1-2H3. The van der Waals surface area contributed by atoms with Crippen molar-refractivity contribution in [1.29, 1.82) is 0 Å². The van der Waals surface area contributed by atoms with Gasteiger partial charge in [-0.15, -0.1) is 0 Å². The first-order chi connectivity index (χ1) is 11.8. The van der Waals surface area contributed by atoms with Gasteiger partial charge in [-0.3, -0.25) is 4.98 Å². The molecule has 0 amide bonds. The van der Waals surface area contributed by atoms with E-state index in [1.807, 2.05) is 49.4 Å². The molecule has 5 heteroatoms. The first kappa shape index (κ1) is 14.4. The van der Waals surface area contributed by atoms with Crippen molar-refractivity contribution in [3.05, 3.63) is 60.7 Å². The zero-order valence-corrected chi connectivity index (χ0v) is 13.4. The number of furan rings is 1.